The molecule has 0 saturated carbocycles. The average molecular weight is 426 g/mol. The number of amides is 1. The molecule has 2 aromatic rings. The van der Waals surface area contributed by atoms with Crippen molar-refractivity contribution in [3.8, 4) is 0 Å². The van der Waals surface area contributed by atoms with E-state index in [0.717, 1.165) is 12.1 Å². The largest absolute Gasteiger partial charge is 0.356 e. The molecule has 0 unspecified atom stereocenters. The van der Waals surface area contributed by atoms with E-state index in [-0.39, 0.29) is 42.8 Å². The second kappa shape index (κ2) is 8.96. The summed E-state index contributed by atoms with van der Waals surface area (Å²) in [6.07, 6.45) is 0.906. The third-order valence-electron chi connectivity index (χ3n) is 4.91. The highest BCUT2D eigenvalue weighted by atomic mass is 32.2. The highest BCUT2D eigenvalue weighted by Crippen LogP contribution is 2.25. The summed E-state index contributed by atoms with van der Waals surface area (Å²) in [5, 5.41) is 2.72. The molecule has 0 atom stereocenters. The number of sulfonamides is 1. The fourth-order valence-electron chi connectivity index (χ4n) is 3.38. The van der Waals surface area contributed by atoms with Crippen LogP contribution in [0.4, 0.5) is 13.2 Å². The van der Waals surface area contributed by atoms with Crippen LogP contribution >= 0.6 is 0 Å². The van der Waals surface area contributed by atoms with Gasteiger partial charge in [-0.05, 0) is 49.1 Å². The molecule has 29 heavy (non-hydrogen) atoms. The van der Waals surface area contributed by atoms with Gasteiger partial charge in [0, 0.05) is 31.6 Å². The second-order valence-corrected chi connectivity index (χ2v) is 8.83. The fourth-order valence-corrected chi connectivity index (χ4v) is 4.92. The van der Waals surface area contributed by atoms with Crippen molar-refractivity contribution in [2.75, 3.05) is 19.6 Å². The van der Waals surface area contributed by atoms with Crippen molar-refractivity contribution in [1.82, 2.24) is 9.62 Å². The number of nitrogens with zero attached hydrogens (tertiary/aromatic N) is 1. The summed E-state index contributed by atoms with van der Waals surface area (Å²) in [5.74, 6) is -2.75. The van der Waals surface area contributed by atoms with Crippen LogP contribution in [0, 0.1) is 23.4 Å². The van der Waals surface area contributed by atoms with Crippen molar-refractivity contribution < 1.29 is 26.4 Å². The molecule has 2 aromatic carbocycles. The van der Waals surface area contributed by atoms with Gasteiger partial charge in [0.25, 0.3) is 0 Å². The molecular weight excluding hydrogens is 405 g/mol. The Bertz CT molecular complexity index is 970. The number of carbonyl (C=O) groups excluding carboxylic acids is 1. The van der Waals surface area contributed by atoms with E-state index < -0.39 is 27.5 Å². The Morgan fingerprint density at radius 3 is 2.28 bits per heavy atom. The van der Waals surface area contributed by atoms with Crippen molar-refractivity contribution in [2.45, 2.75) is 24.2 Å². The first kappa shape index (κ1) is 21.3. The average Bonchev–Trinajstić information content (AvgIpc) is 2.67. The highest BCUT2D eigenvalue weighted by molar-refractivity contribution is 7.89. The van der Waals surface area contributed by atoms with Crippen LogP contribution in [0.3, 0.4) is 0 Å². The summed E-state index contributed by atoms with van der Waals surface area (Å²) in [7, 11) is -3.95. The quantitative estimate of drug-likeness (QED) is 0.773. The van der Waals surface area contributed by atoms with Gasteiger partial charge >= 0.3 is 0 Å². The zero-order valence-corrected chi connectivity index (χ0v) is 16.4. The van der Waals surface area contributed by atoms with Crippen molar-refractivity contribution in [1.29, 1.82) is 0 Å². The van der Waals surface area contributed by atoms with Crippen LogP contribution in [0.1, 0.15) is 18.4 Å². The van der Waals surface area contributed by atoms with E-state index in [2.05, 4.69) is 5.32 Å². The van der Waals surface area contributed by atoms with Crippen molar-refractivity contribution >= 4 is 15.9 Å². The van der Waals surface area contributed by atoms with Crippen LogP contribution in [-0.2, 0) is 21.2 Å². The monoisotopic (exact) mass is 426 g/mol. The SMILES string of the molecule is O=C(NCCc1cc(F)cc(F)c1)C1CCN(S(=O)(=O)c2ccccc2F)CC1. The maximum absolute atomic E-state index is 13.9. The Kier molecular flexibility index (Phi) is 6.59. The lowest BCUT2D eigenvalue weighted by Gasteiger charge is -2.30. The van der Waals surface area contributed by atoms with Crippen LogP contribution in [0.5, 0.6) is 0 Å². The topological polar surface area (TPSA) is 66.5 Å². The minimum Gasteiger partial charge on any atom is -0.356 e. The van der Waals surface area contributed by atoms with Gasteiger partial charge < -0.3 is 5.32 Å². The minimum absolute atomic E-state index is 0.115. The van der Waals surface area contributed by atoms with E-state index in [1.807, 2.05) is 0 Å². The zero-order valence-electron chi connectivity index (χ0n) is 15.6. The van der Waals surface area contributed by atoms with E-state index in [0.29, 0.717) is 18.4 Å². The predicted octanol–water partition coefficient (Wildman–Crippen LogP) is 2.86. The summed E-state index contributed by atoms with van der Waals surface area (Å²) >= 11 is 0. The molecule has 9 heteroatoms. The summed E-state index contributed by atoms with van der Waals surface area (Å²) in [5.41, 5.74) is 0.439. The highest BCUT2D eigenvalue weighted by Gasteiger charge is 2.33. The van der Waals surface area contributed by atoms with E-state index in [1.54, 1.807) is 0 Å². The van der Waals surface area contributed by atoms with E-state index in [1.165, 1.54) is 34.6 Å². The zero-order chi connectivity index (χ0) is 21.0. The normalized spacial score (nSPS) is 16.0. The first-order chi connectivity index (χ1) is 13.8. The number of hydrogen-bond donors (Lipinski definition) is 1. The third kappa shape index (κ3) is 5.16. The number of halogens is 3. The molecule has 1 amide bonds. The second-order valence-electron chi connectivity index (χ2n) is 6.93. The number of benzene rings is 2. The Labute approximate surface area is 167 Å². The lowest BCUT2D eigenvalue weighted by Crippen LogP contribution is -2.43. The fraction of sp³-hybridized carbons (Fsp3) is 0.350. The molecule has 5 nitrogen and oxygen atoms in total. The van der Waals surface area contributed by atoms with Crippen molar-refractivity contribution in [3.05, 3.63) is 65.5 Å². The molecule has 0 radical (unpaired) electrons. The van der Waals surface area contributed by atoms with E-state index in [4.69, 9.17) is 0 Å². The first-order valence-corrected chi connectivity index (χ1v) is 10.7. The standard InChI is InChI=1S/C20H21F3N2O3S/c21-16-11-14(12-17(22)13-16)5-8-24-20(26)15-6-9-25(10-7-15)29(27,28)19-4-2-1-3-18(19)23/h1-4,11-13,15H,5-10H2,(H,24,26). The summed E-state index contributed by atoms with van der Waals surface area (Å²) < 4.78 is 66.6. The van der Waals surface area contributed by atoms with Gasteiger partial charge in [-0.1, -0.05) is 12.1 Å². The van der Waals surface area contributed by atoms with Gasteiger partial charge in [0.2, 0.25) is 15.9 Å². The van der Waals surface area contributed by atoms with Crippen LogP contribution in [0.25, 0.3) is 0 Å². The first-order valence-electron chi connectivity index (χ1n) is 9.25. The van der Waals surface area contributed by atoms with E-state index in [9.17, 15) is 26.4 Å². The number of nitrogens with one attached hydrogen (secondary N) is 1. The molecule has 1 saturated heterocycles. The number of hydrogen-bond acceptors (Lipinski definition) is 3. The molecule has 3 rings (SSSR count). The molecule has 1 fully saturated rings. The smallest absolute Gasteiger partial charge is 0.245 e. The molecule has 156 valence electrons. The Hall–Kier alpha value is -2.39. The molecule has 1 aliphatic heterocycles. The maximum atomic E-state index is 13.9. The summed E-state index contributed by atoms with van der Waals surface area (Å²) in [4.78, 5) is 11.9. The lowest BCUT2D eigenvalue weighted by atomic mass is 9.97. The number of piperidine rings is 1. The molecule has 1 N–H and O–H groups in total. The Morgan fingerprint density at radius 2 is 1.66 bits per heavy atom. The summed E-state index contributed by atoms with van der Waals surface area (Å²) in [6, 6.07) is 8.40. The Balaban J connectivity index is 1.51. The van der Waals surface area contributed by atoms with Gasteiger partial charge in [0.05, 0.1) is 0 Å². The summed E-state index contributed by atoms with van der Waals surface area (Å²) in [6.45, 7) is 0.448. The third-order valence-corrected chi connectivity index (χ3v) is 6.85. The predicted molar refractivity (Wildman–Crippen MR) is 101 cm³/mol. The van der Waals surface area contributed by atoms with Crippen LogP contribution < -0.4 is 5.32 Å². The maximum Gasteiger partial charge on any atom is 0.245 e. The molecule has 0 aliphatic carbocycles. The minimum atomic E-state index is -3.95. The molecule has 0 bridgehead atoms. The molecule has 0 aromatic heterocycles. The molecule has 0 spiro atoms. The van der Waals surface area contributed by atoms with Gasteiger partial charge in [-0.3, -0.25) is 4.79 Å². The van der Waals surface area contributed by atoms with Gasteiger partial charge in [-0.25, -0.2) is 21.6 Å². The molecule has 1 heterocycles. The van der Waals surface area contributed by atoms with Crippen molar-refractivity contribution in [3.63, 3.8) is 0 Å². The molecule has 1 aliphatic rings. The van der Waals surface area contributed by atoms with Gasteiger partial charge in [0.1, 0.15) is 22.3 Å². The van der Waals surface area contributed by atoms with Crippen LogP contribution in [0.15, 0.2) is 47.4 Å². The lowest BCUT2D eigenvalue weighted by molar-refractivity contribution is -0.126. The van der Waals surface area contributed by atoms with Crippen LogP contribution in [0.2, 0.25) is 0 Å². The number of rotatable bonds is 6. The van der Waals surface area contributed by atoms with Gasteiger partial charge in [-0.2, -0.15) is 4.31 Å². The molecular formula is C20H21F3N2O3S. The van der Waals surface area contributed by atoms with E-state index >= 15 is 0 Å². The number of carbonyl (C=O) groups is 1. The Morgan fingerprint density at radius 1 is 1.03 bits per heavy atom. The van der Waals surface area contributed by atoms with Crippen molar-refractivity contribution in [2.24, 2.45) is 5.92 Å². The van der Waals surface area contributed by atoms with Gasteiger partial charge in [0.15, 0.2) is 0 Å². The van der Waals surface area contributed by atoms with Gasteiger partial charge in [-0.15, -0.1) is 0 Å². The van der Waals surface area contributed by atoms with Crippen LogP contribution in [-0.4, -0.2) is 38.3 Å².